The van der Waals surface area contributed by atoms with Crippen molar-refractivity contribution in [2.75, 3.05) is 6.61 Å². The van der Waals surface area contributed by atoms with Crippen LogP contribution in [-0.4, -0.2) is 87.3 Å². The van der Waals surface area contributed by atoms with Gasteiger partial charge in [-0.1, -0.05) is 166 Å². The van der Waals surface area contributed by atoms with Crippen LogP contribution >= 0.6 is 0 Å². The number of epoxide rings is 1. The molecule has 0 radical (unpaired) electrons. The van der Waals surface area contributed by atoms with Crippen LogP contribution in [0.25, 0.3) is 0 Å². The molecule has 5 fully saturated rings. The summed E-state index contributed by atoms with van der Waals surface area (Å²) >= 11 is 0. The first-order chi connectivity index (χ1) is 31.3. The zero-order valence-corrected chi connectivity index (χ0v) is 39.7. The Morgan fingerprint density at radius 3 is 2.08 bits per heavy atom. The Kier molecular flexibility index (Phi) is 15.8. The Hall–Kier alpha value is -3.45. The van der Waals surface area contributed by atoms with Gasteiger partial charge in [0.25, 0.3) is 0 Å². The van der Waals surface area contributed by atoms with Gasteiger partial charge in [0, 0.05) is 30.3 Å². The number of ketones is 1. The number of fused-ring (bicyclic) bond motifs is 3. The molecule has 6 aliphatic rings. The van der Waals surface area contributed by atoms with Crippen LogP contribution in [0, 0.1) is 17.8 Å². The van der Waals surface area contributed by atoms with Crippen molar-refractivity contribution in [1.82, 2.24) is 0 Å². The first-order valence-electron chi connectivity index (χ1n) is 25.1. The first kappa shape index (κ1) is 49.5. The second-order valence-electron chi connectivity index (χ2n) is 19.9. The highest BCUT2D eigenvalue weighted by molar-refractivity contribution is 6.05. The largest absolute Gasteiger partial charge is 0.462 e. The number of benzene rings is 1. The van der Waals surface area contributed by atoms with Crippen molar-refractivity contribution in [3.8, 4) is 0 Å². The summed E-state index contributed by atoms with van der Waals surface area (Å²) in [4.78, 5) is 41.8. The average Bonchev–Trinajstić information content (AvgIpc) is 3.91. The van der Waals surface area contributed by atoms with Crippen molar-refractivity contribution in [3.05, 3.63) is 84.0 Å². The SMILES string of the molecule is C=C(C)C12OC3(/C=C/C=C/CCCCC)OC1C1C4O[C@]4(COC(=O)CCCCCCCCCCCCCCCC)[C@@H](O)[C@]4(O)C(=O)C(C)=CC4C1(O3)[C@H](C)[C@H]2OC(=O)c1ccccc1. The lowest BCUT2D eigenvalue weighted by Gasteiger charge is -2.61. The summed E-state index contributed by atoms with van der Waals surface area (Å²) < 4.78 is 40.2. The number of hydrogen-bond acceptors (Lipinski definition) is 11. The second kappa shape index (κ2) is 20.8. The summed E-state index contributed by atoms with van der Waals surface area (Å²) in [6.07, 6.45) is 25.4. The summed E-state index contributed by atoms with van der Waals surface area (Å²) in [5.74, 6) is -6.42. The maximum absolute atomic E-state index is 14.4. The number of carbonyl (C=O) groups excluding carboxylic acids is 3. The number of carbonyl (C=O) groups is 3. The number of Topliss-reactive ketones (excluding diaryl/α,β-unsaturated/α-hetero) is 1. The molecule has 0 spiro atoms. The molecule has 12 atom stereocenters. The van der Waals surface area contributed by atoms with Crippen LogP contribution in [-0.2, 0) is 38.0 Å². The molecular weight excluding hydrogens is 825 g/mol. The quantitative estimate of drug-likeness (QED) is 0.0301. The molecule has 3 aliphatic carbocycles. The van der Waals surface area contributed by atoms with Gasteiger partial charge in [-0.25, -0.2) is 4.79 Å². The predicted octanol–water partition coefficient (Wildman–Crippen LogP) is 10.1. The van der Waals surface area contributed by atoms with E-state index in [-0.39, 0.29) is 12.0 Å². The van der Waals surface area contributed by atoms with Gasteiger partial charge in [0.2, 0.25) is 0 Å². The number of hydrogen-bond donors (Lipinski definition) is 2. The van der Waals surface area contributed by atoms with Crippen LogP contribution in [0.1, 0.15) is 167 Å². The molecule has 11 heteroatoms. The number of allylic oxidation sites excluding steroid dienone is 3. The fraction of sp³-hybridized carbons (Fsp3) is 0.685. The van der Waals surface area contributed by atoms with Crippen LogP contribution in [0.3, 0.4) is 0 Å². The van der Waals surface area contributed by atoms with Crippen LogP contribution in [0.15, 0.2) is 78.4 Å². The lowest BCUT2D eigenvalue weighted by Crippen LogP contribution is -2.76. The Morgan fingerprint density at radius 1 is 0.831 bits per heavy atom. The van der Waals surface area contributed by atoms with Crippen molar-refractivity contribution in [2.24, 2.45) is 17.8 Å². The predicted molar refractivity (Wildman–Crippen MR) is 247 cm³/mol. The third-order valence-corrected chi connectivity index (χ3v) is 15.5. The molecule has 7 rings (SSSR count). The molecule has 3 bridgehead atoms. The standard InChI is InChI=1S/C54H76O11/c1-7-9-11-13-15-16-17-18-19-20-21-22-24-29-33-42(55)60-36-50-46(62-50)43-47-53(37(3)4)45(61-48(57)40-31-27-26-28-32-40)39(6)54(43,41-35-38(5)44(56)52(41,59)49(50)58)65-51(63-47,64-53)34-30-25-23-14-12-10-8-2/h23,25-28,30-32,34-35,39,41,43,45-47,49,58-59H,3,7-22,24,29,33,36H2,1-2,4-6H3/b25-23+,34-30+/t39-,41?,43?,45-,46?,47?,49-,50+,51?,52-,53?,54?/m1/s1. The molecule has 65 heavy (non-hydrogen) atoms. The van der Waals surface area contributed by atoms with Crippen LogP contribution < -0.4 is 0 Å². The van der Waals surface area contributed by atoms with Gasteiger partial charge in [-0.15, -0.1) is 0 Å². The maximum Gasteiger partial charge on any atom is 0.338 e. The molecule has 358 valence electrons. The molecule has 0 amide bonds. The van der Waals surface area contributed by atoms with E-state index in [9.17, 15) is 24.6 Å². The maximum atomic E-state index is 14.4. The summed E-state index contributed by atoms with van der Waals surface area (Å²) in [7, 11) is 0. The van der Waals surface area contributed by atoms with Crippen molar-refractivity contribution < 1.29 is 53.0 Å². The van der Waals surface area contributed by atoms with Gasteiger partial charge in [-0.05, 0) is 56.4 Å². The summed E-state index contributed by atoms with van der Waals surface area (Å²) in [6, 6.07) is 8.63. The van der Waals surface area contributed by atoms with Crippen LogP contribution in [0.5, 0.6) is 0 Å². The van der Waals surface area contributed by atoms with Crippen LogP contribution in [0.2, 0.25) is 0 Å². The Balaban J connectivity index is 1.11. The number of ether oxygens (including phenoxy) is 6. The molecule has 3 heterocycles. The summed E-state index contributed by atoms with van der Waals surface area (Å²) in [5, 5.41) is 25.5. The molecule has 0 aromatic heterocycles. The highest BCUT2D eigenvalue weighted by Gasteiger charge is 2.90. The minimum atomic E-state index is -2.47. The molecule has 1 aromatic rings. The second-order valence-corrected chi connectivity index (χ2v) is 19.9. The van der Waals surface area contributed by atoms with E-state index in [1.54, 1.807) is 56.3 Å². The normalized spacial score (nSPS) is 36.3. The number of aliphatic hydroxyl groups is 2. The van der Waals surface area contributed by atoms with Crippen molar-refractivity contribution in [1.29, 1.82) is 0 Å². The average molecular weight is 901 g/mol. The van der Waals surface area contributed by atoms with Gasteiger partial charge in [0.15, 0.2) is 22.6 Å². The minimum Gasteiger partial charge on any atom is -0.462 e. The van der Waals surface area contributed by atoms with Crippen LogP contribution in [0.4, 0.5) is 0 Å². The monoisotopic (exact) mass is 901 g/mol. The minimum absolute atomic E-state index is 0.198. The van der Waals surface area contributed by atoms with E-state index in [1.807, 2.05) is 19.1 Å². The summed E-state index contributed by atoms with van der Waals surface area (Å²) in [6.45, 7) is 13.7. The van der Waals surface area contributed by atoms with E-state index in [0.717, 1.165) is 44.9 Å². The van der Waals surface area contributed by atoms with Gasteiger partial charge in [0.1, 0.15) is 31.0 Å². The third-order valence-electron chi connectivity index (χ3n) is 15.5. The fourth-order valence-corrected chi connectivity index (χ4v) is 12.0. The van der Waals surface area contributed by atoms with Gasteiger partial charge in [-0.3, -0.25) is 9.59 Å². The highest BCUT2D eigenvalue weighted by Crippen LogP contribution is 2.73. The molecule has 2 saturated carbocycles. The van der Waals surface area contributed by atoms with Crippen molar-refractivity contribution in [2.45, 2.75) is 209 Å². The molecule has 2 N–H and O–H groups in total. The summed E-state index contributed by atoms with van der Waals surface area (Å²) in [5.41, 5.74) is -6.20. The molecule has 1 aromatic carbocycles. The number of rotatable bonds is 26. The smallest absolute Gasteiger partial charge is 0.338 e. The van der Waals surface area contributed by atoms with E-state index in [1.165, 1.54) is 64.2 Å². The Bertz CT molecular complexity index is 1940. The van der Waals surface area contributed by atoms with Gasteiger partial charge in [0.05, 0.1) is 11.2 Å². The number of aliphatic hydroxyl groups excluding tert-OH is 1. The van der Waals surface area contributed by atoms with E-state index in [0.29, 0.717) is 17.6 Å². The first-order valence-corrected chi connectivity index (χ1v) is 25.1. The molecule has 11 nitrogen and oxygen atoms in total. The van der Waals surface area contributed by atoms with Crippen molar-refractivity contribution >= 4 is 17.7 Å². The molecule has 3 aliphatic heterocycles. The van der Waals surface area contributed by atoms with Gasteiger partial charge >= 0.3 is 17.9 Å². The number of esters is 2. The van der Waals surface area contributed by atoms with E-state index in [4.69, 9.17) is 28.4 Å². The van der Waals surface area contributed by atoms with E-state index < -0.39 is 94.9 Å². The fourth-order valence-electron chi connectivity index (χ4n) is 12.0. The molecular formula is C54H76O11. The zero-order valence-electron chi connectivity index (χ0n) is 39.7. The molecule has 3 saturated heterocycles. The van der Waals surface area contributed by atoms with E-state index >= 15 is 0 Å². The number of unbranched alkanes of at least 4 members (excludes halogenated alkanes) is 16. The lowest BCUT2D eigenvalue weighted by atomic mass is 9.53. The van der Waals surface area contributed by atoms with Crippen molar-refractivity contribution in [3.63, 3.8) is 0 Å². The zero-order chi connectivity index (χ0) is 46.5. The van der Waals surface area contributed by atoms with E-state index in [2.05, 4.69) is 26.5 Å². The Labute approximate surface area is 387 Å². The molecule has 7 unspecified atom stereocenters. The lowest BCUT2D eigenvalue weighted by molar-refractivity contribution is -0.407. The third kappa shape index (κ3) is 9.16. The van der Waals surface area contributed by atoms with Gasteiger partial charge < -0.3 is 38.6 Å². The Morgan fingerprint density at radius 2 is 1.45 bits per heavy atom. The highest BCUT2D eigenvalue weighted by atomic mass is 16.9. The van der Waals surface area contributed by atoms with Gasteiger partial charge in [-0.2, -0.15) is 0 Å². The topological polar surface area (TPSA) is 150 Å².